The molecule has 0 saturated carbocycles. The highest BCUT2D eigenvalue weighted by molar-refractivity contribution is 7.17. The number of carboxylic acid groups (broad SMARTS) is 1. The number of thiophene rings is 1. The zero-order valence-electron chi connectivity index (χ0n) is 17.5. The van der Waals surface area contributed by atoms with Crippen molar-refractivity contribution in [2.75, 3.05) is 33.1 Å². The van der Waals surface area contributed by atoms with Gasteiger partial charge in [0.1, 0.15) is 4.88 Å². The van der Waals surface area contributed by atoms with E-state index in [-0.39, 0.29) is 5.91 Å². The van der Waals surface area contributed by atoms with E-state index in [0.717, 1.165) is 22.5 Å². The maximum atomic E-state index is 11.4. The molecule has 28 heavy (non-hydrogen) atoms. The third-order valence-corrected chi connectivity index (χ3v) is 4.83. The lowest BCUT2D eigenvalue weighted by Crippen LogP contribution is -2.21. The van der Waals surface area contributed by atoms with Crippen molar-refractivity contribution in [1.82, 2.24) is 4.90 Å². The normalized spacial score (nSPS) is 10.5. The molecule has 1 heterocycles. The molecule has 0 saturated heterocycles. The molecule has 0 aliphatic carbocycles. The van der Waals surface area contributed by atoms with Gasteiger partial charge >= 0.3 is 5.97 Å². The summed E-state index contributed by atoms with van der Waals surface area (Å²) >= 11 is 1.23. The van der Waals surface area contributed by atoms with Crippen molar-refractivity contribution < 1.29 is 19.8 Å². The molecule has 6 nitrogen and oxygen atoms in total. The Kier molecular flexibility index (Phi) is 12.6. The van der Waals surface area contributed by atoms with Crippen LogP contribution < -0.4 is 5.32 Å². The molecule has 0 aliphatic heterocycles. The Morgan fingerprint density at radius 3 is 2.18 bits per heavy atom. The van der Waals surface area contributed by atoms with E-state index in [1.807, 2.05) is 38.1 Å². The Hall–Kier alpha value is -2.38. The molecule has 1 aromatic carbocycles. The van der Waals surface area contributed by atoms with Crippen molar-refractivity contribution in [2.24, 2.45) is 5.92 Å². The predicted octanol–water partition coefficient (Wildman–Crippen LogP) is 4.21. The standard InChI is InChI=1S/C10H13NO.C6H7NO2S.C5H12O/c1-8-5-4-6-9(7-8)10(12)11(2)3;1-7-5-3-2-4(10-5)6(8)9;1-3-5(2)4-6/h4-7H,1-3H3;2-3,7H,1H3,(H,8,9);5-6H,3-4H2,1-2H3. The minimum absolute atomic E-state index is 0.0544. The van der Waals surface area contributed by atoms with Gasteiger partial charge in [-0.25, -0.2) is 4.79 Å². The van der Waals surface area contributed by atoms with Crippen molar-refractivity contribution in [3.63, 3.8) is 0 Å². The highest BCUT2D eigenvalue weighted by atomic mass is 32.1. The number of nitrogens with zero attached hydrogens (tertiary/aromatic N) is 1. The number of rotatable bonds is 5. The summed E-state index contributed by atoms with van der Waals surface area (Å²) in [6.45, 7) is 6.41. The number of carbonyl (C=O) groups is 2. The topological polar surface area (TPSA) is 89.9 Å². The van der Waals surface area contributed by atoms with E-state index in [1.165, 1.54) is 11.3 Å². The van der Waals surface area contributed by atoms with Crippen molar-refractivity contribution >= 4 is 28.2 Å². The van der Waals surface area contributed by atoms with Crippen LogP contribution in [0.25, 0.3) is 0 Å². The third-order valence-electron chi connectivity index (χ3n) is 3.74. The van der Waals surface area contributed by atoms with Crippen LogP contribution in [0.1, 0.15) is 45.9 Å². The fraction of sp³-hybridized carbons (Fsp3) is 0.429. The summed E-state index contributed by atoms with van der Waals surface area (Å²) in [5.74, 6) is -0.324. The maximum Gasteiger partial charge on any atom is 0.345 e. The molecule has 0 bridgehead atoms. The quantitative estimate of drug-likeness (QED) is 0.689. The van der Waals surface area contributed by atoms with Crippen LogP contribution in [0.5, 0.6) is 0 Å². The van der Waals surface area contributed by atoms with Crippen molar-refractivity contribution in [1.29, 1.82) is 0 Å². The summed E-state index contributed by atoms with van der Waals surface area (Å²) in [4.78, 5) is 23.7. The second-order valence-corrected chi connectivity index (χ2v) is 7.57. The van der Waals surface area contributed by atoms with Crippen LogP contribution in [0.15, 0.2) is 36.4 Å². The molecule has 1 aromatic heterocycles. The van der Waals surface area contributed by atoms with Gasteiger partial charge in [0.15, 0.2) is 0 Å². The van der Waals surface area contributed by atoms with Gasteiger partial charge in [-0.2, -0.15) is 0 Å². The molecule has 7 heteroatoms. The van der Waals surface area contributed by atoms with Gasteiger partial charge in [0, 0.05) is 33.3 Å². The van der Waals surface area contributed by atoms with Crippen molar-refractivity contribution in [2.45, 2.75) is 27.2 Å². The van der Waals surface area contributed by atoms with E-state index >= 15 is 0 Å². The fourth-order valence-corrected chi connectivity index (χ4v) is 2.45. The van der Waals surface area contributed by atoms with Gasteiger partial charge in [-0.05, 0) is 37.1 Å². The summed E-state index contributed by atoms with van der Waals surface area (Å²) in [6, 6.07) is 10.9. The van der Waals surface area contributed by atoms with Gasteiger partial charge in [0.05, 0.1) is 5.00 Å². The van der Waals surface area contributed by atoms with Gasteiger partial charge in [-0.15, -0.1) is 11.3 Å². The maximum absolute atomic E-state index is 11.4. The molecule has 1 atom stereocenters. The van der Waals surface area contributed by atoms with Gasteiger partial charge in [0.2, 0.25) is 0 Å². The van der Waals surface area contributed by atoms with E-state index < -0.39 is 5.97 Å². The average Bonchev–Trinajstić information content (AvgIpc) is 3.17. The van der Waals surface area contributed by atoms with Crippen LogP contribution in [0, 0.1) is 12.8 Å². The van der Waals surface area contributed by atoms with E-state index in [2.05, 4.69) is 12.2 Å². The first-order chi connectivity index (χ1) is 13.2. The van der Waals surface area contributed by atoms with E-state index in [1.54, 1.807) is 38.2 Å². The number of nitrogens with one attached hydrogen (secondary N) is 1. The Balaban J connectivity index is 0.000000414. The average molecular weight is 409 g/mol. The number of amides is 1. The molecule has 0 spiro atoms. The lowest BCUT2D eigenvalue weighted by molar-refractivity contribution is 0.0701. The molecule has 0 fully saturated rings. The molecule has 0 radical (unpaired) electrons. The monoisotopic (exact) mass is 408 g/mol. The molecule has 0 aliphatic rings. The van der Waals surface area contributed by atoms with Crippen LogP contribution in [0.2, 0.25) is 0 Å². The van der Waals surface area contributed by atoms with Crippen LogP contribution in [0.4, 0.5) is 5.00 Å². The molecule has 2 rings (SSSR count). The lowest BCUT2D eigenvalue weighted by Gasteiger charge is -2.09. The molecular formula is C21H32N2O4S. The first-order valence-electron chi connectivity index (χ1n) is 9.06. The minimum atomic E-state index is -0.869. The first kappa shape index (κ1) is 25.6. The summed E-state index contributed by atoms with van der Waals surface area (Å²) in [5, 5.41) is 20.5. The molecule has 2 aromatic rings. The van der Waals surface area contributed by atoms with Gasteiger partial charge in [-0.3, -0.25) is 4.79 Å². The molecule has 3 N–H and O–H groups in total. The number of aryl methyl sites for hydroxylation is 1. The number of hydrogen-bond acceptors (Lipinski definition) is 5. The molecule has 1 unspecified atom stereocenters. The van der Waals surface area contributed by atoms with E-state index in [4.69, 9.17) is 10.2 Å². The van der Waals surface area contributed by atoms with Crippen molar-refractivity contribution in [3.8, 4) is 0 Å². The molecule has 156 valence electrons. The van der Waals surface area contributed by atoms with Crippen LogP contribution in [-0.4, -0.2) is 54.7 Å². The Labute approximate surface area is 171 Å². The SMILES string of the molecule is CCC(C)CO.CNc1ccc(C(=O)O)s1.Cc1cccc(C(=O)N(C)C)c1. The third kappa shape index (κ3) is 10.1. The number of carbonyl (C=O) groups excluding carboxylic acids is 1. The first-order valence-corrected chi connectivity index (χ1v) is 9.87. The van der Waals surface area contributed by atoms with Crippen LogP contribution >= 0.6 is 11.3 Å². The Morgan fingerprint density at radius 2 is 1.86 bits per heavy atom. The number of anilines is 1. The molecule has 1 amide bonds. The second-order valence-electron chi connectivity index (χ2n) is 6.48. The second kappa shape index (κ2) is 13.7. The zero-order chi connectivity index (χ0) is 21.7. The minimum Gasteiger partial charge on any atom is -0.477 e. The van der Waals surface area contributed by atoms with Crippen LogP contribution in [0.3, 0.4) is 0 Å². The highest BCUT2D eigenvalue weighted by Gasteiger charge is 2.06. The predicted molar refractivity (Wildman–Crippen MR) is 117 cm³/mol. The fourth-order valence-electron chi connectivity index (χ4n) is 1.75. The number of aliphatic hydroxyl groups excluding tert-OH is 1. The van der Waals surface area contributed by atoms with Gasteiger partial charge in [-0.1, -0.05) is 38.0 Å². The number of aromatic carboxylic acids is 1. The summed E-state index contributed by atoms with van der Waals surface area (Å²) in [6.07, 6.45) is 1.08. The molecular weight excluding hydrogens is 376 g/mol. The highest BCUT2D eigenvalue weighted by Crippen LogP contribution is 2.20. The van der Waals surface area contributed by atoms with Crippen molar-refractivity contribution in [3.05, 3.63) is 52.4 Å². The van der Waals surface area contributed by atoms with Gasteiger partial charge < -0.3 is 20.4 Å². The largest absolute Gasteiger partial charge is 0.477 e. The number of aliphatic hydroxyl groups is 1. The Bertz CT molecular complexity index is 725. The zero-order valence-corrected chi connectivity index (χ0v) is 18.3. The number of benzene rings is 1. The smallest absolute Gasteiger partial charge is 0.345 e. The number of hydrogen-bond donors (Lipinski definition) is 3. The number of carboxylic acids is 1. The van der Waals surface area contributed by atoms with E-state index in [9.17, 15) is 9.59 Å². The Morgan fingerprint density at radius 1 is 1.21 bits per heavy atom. The van der Waals surface area contributed by atoms with E-state index in [0.29, 0.717) is 17.4 Å². The lowest BCUT2D eigenvalue weighted by atomic mass is 10.1. The summed E-state index contributed by atoms with van der Waals surface area (Å²) in [7, 11) is 5.27. The van der Waals surface area contributed by atoms with Gasteiger partial charge in [0.25, 0.3) is 5.91 Å². The van der Waals surface area contributed by atoms with Crippen LogP contribution in [-0.2, 0) is 0 Å². The summed E-state index contributed by atoms with van der Waals surface area (Å²) in [5.41, 5.74) is 1.86. The summed E-state index contributed by atoms with van der Waals surface area (Å²) < 4.78 is 0.